The van der Waals surface area contributed by atoms with Crippen molar-refractivity contribution in [2.24, 2.45) is 24.3 Å². The molecule has 0 aliphatic carbocycles. The molecule has 17 nitrogen and oxygen atoms in total. The third-order valence-electron chi connectivity index (χ3n) is 14.0. The zero-order valence-corrected chi connectivity index (χ0v) is 42.2. The number of fused-ring (bicyclic) bond motifs is 6. The van der Waals surface area contributed by atoms with Crippen LogP contribution in [0.3, 0.4) is 0 Å². The number of benzene rings is 2. The number of carbonyl (C=O) groups is 5. The number of methoxy groups -OCH3 is 1. The van der Waals surface area contributed by atoms with Gasteiger partial charge in [0.25, 0.3) is 5.91 Å². The highest BCUT2D eigenvalue weighted by Gasteiger charge is 2.40. The van der Waals surface area contributed by atoms with E-state index in [2.05, 4.69) is 59.4 Å². The lowest BCUT2D eigenvalue weighted by molar-refractivity contribution is -0.155. The predicted molar refractivity (Wildman–Crippen MR) is 265 cm³/mol. The number of ether oxygens (including phenoxy) is 2. The Morgan fingerprint density at radius 3 is 2.48 bits per heavy atom. The Morgan fingerprint density at radius 1 is 1.07 bits per heavy atom. The number of nitrogens with one attached hydrogen (secondary N) is 2. The summed E-state index contributed by atoms with van der Waals surface area (Å²) in [7, 11) is 9.20. The Kier molecular flexibility index (Phi) is 15.0. The van der Waals surface area contributed by atoms with E-state index >= 15 is 0 Å². The number of carbonyl (C=O) groups excluding carboxylic acids is 5. The zero-order valence-electron chi connectivity index (χ0n) is 42.2. The number of nitrogens with zero attached hydrogens (tertiary/aromatic N) is 7. The lowest BCUT2D eigenvalue weighted by atomic mass is 9.84. The molecule has 3 aliphatic heterocycles. The SMILES string of the molecule is C=CC(=O)N1CC[C@H](C(=O)N(C)[C@H](C(=O)NC2Cc3cc(O)cc(c3)-c3ccc4c(c3)c(c(-c3nc(N(C)C)n(C)c3[C@H](C)OC)n4CC)CC(C)(C)COC(=O)[C@@H]3CCCN(N3)C2=O)C(C)C)C1. The number of rotatable bonds is 11. The molecule has 69 heavy (non-hydrogen) atoms. The Labute approximate surface area is 405 Å². The molecule has 1 unspecified atom stereocenters. The maximum absolute atomic E-state index is 14.8. The number of likely N-dealkylation sites (tertiary alicyclic amines) is 1. The number of anilines is 1. The fraction of sp³-hybridized carbons (Fsp3) is 0.538. The van der Waals surface area contributed by atoms with E-state index in [-0.39, 0.29) is 55.7 Å². The second-order valence-electron chi connectivity index (χ2n) is 20.3. The van der Waals surface area contributed by atoms with Crippen LogP contribution < -0.4 is 15.6 Å². The molecule has 0 radical (unpaired) electrons. The number of phenols is 1. The topological polar surface area (TPSA) is 184 Å². The summed E-state index contributed by atoms with van der Waals surface area (Å²) in [5, 5.41) is 16.8. The van der Waals surface area contributed by atoms with Gasteiger partial charge < -0.3 is 43.7 Å². The normalized spacial score (nSPS) is 20.6. The van der Waals surface area contributed by atoms with Gasteiger partial charge in [-0.2, -0.15) is 0 Å². The molecule has 2 saturated heterocycles. The molecular weight excluding hydrogens is 879 g/mol. The summed E-state index contributed by atoms with van der Waals surface area (Å²) in [6, 6.07) is 8.47. The smallest absolute Gasteiger partial charge is 0.324 e. The lowest BCUT2D eigenvalue weighted by Crippen LogP contribution is -2.62. The number of aromatic nitrogens is 3. The van der Waals surface area contributed by atoms with Crippen LogP contribution in [0.15, 0.2) is 49.1 Å². The van der Waals surface area contributed by atoms with Crippen LogP contribution in [0.25, 0.3) is 33.4 Å². The van der Waals surface area contributed by atoms with Gasteiger partial charge in [-0.05, 0) is 98.0 Å². The summed E-state index contributed by atoms with van der Waals surface area (Å²) in [6.07, 6.45) is 2.81. The van der Waals surface area contributed by atoms with Gasteiger partial charge in [0.1, 0.15) is 29.6 Å². The van der Waals surface area contributed by atoms with Gasteiger partial charge in [0.2, 0.25) is 23.7 Å². The first kappa shape index (κ1) is 50.7. The van der Waals surface area contributed by atoms with Crippen molar-refractivity contribution in [3.8, 4) is 28.3 Å². The number of cyclic esters (lactones) is 1. The molecule has 2 fully saturated rings. The molecule has 4 aromatic rings. The third-order valence-corrected chi connectivity index (χ3v) is 14.0. The molecule has 2 aromatic heterocycles. The van der Waals surface area contributed by atoms with Crippen molar-refractivity contribution >= 4 is 46.4 Å². The van der Waals surface area contributed by atoms with Gasteiger partial charge in [-0.1, -0.05) is 46.4 Å². The minimum absolute atomic E-state index is 0.0181. The molecule has 0 spiro atoms. The van der Waals surface area contributed by atoms with E-state index in [4.69, 9.17) is 14.5 Å². The van der Waals surface area contributed by atoms with Gasteiger partial charge in [-0.15, -0.1) is 0 Å². The van der Waals surface area contributed by atoms with Crippen molar-refractivity contribution in [1.82, 2.24) is 39.7 Å². The number of aromatic hydroxyl groups is 1. The van der Waals surface area contributed by atoms with E-state index in [9.17, 15) is 29.1 Å². The molecule has 5 heterocycles. The number of imidazole rings is 1. The van der Waals surface area contributed by atoms with Crippen molar-refractivity contribution in [2.75, 3.05) is 59.4 Å². The molecule has 0 saturated carbocycles. The molecule has 3 N–H and O–H groups in total. The van der Waals surface area contributed by atoms with Crippen LogP contribution in [0.1, 0.15) is 83.7 Å². The highest BCUT2D eigenvalue weighted by atomic mass is 16.5. The van der Waals surface area contributed by atoms with Crippen LogP contribution in [0.2, 0.25) is 0 Å². The van der Waals surface area contributed by atoms with Crippen molar-refractivity contribution in [3.63, 3.8) is 0 Å². The van der Waals surface area contributed by atoms with Gasteiger partial charge in [0, 0.05) is 84.2 Å². The van der Waals surface area contributed by atoms with Crippen LogP contribution in [0.4, 0.5) is 5.95 Å². The number of esters is 1. The minimum atomic E-state index is -1.17. The van der Waals surface area contributed by atoms with Gasteiger partial charge in [-0.3, -0.25) is 29.0 Å². The van der Waals surface area contributed by atoms with Crippen molar-refractivity contribution in [2.45, 2.75) is 104 Å². The van der Waals surface area contributed by atoms with Crippen LogP contribution in [-0.4, -0.2) is 136 Å². The quantitative estimate of drug-likeness (QED) is 0.130. The Morgan fingerprint density at radius 2 is 1.81 bits per heavy atom. The van der Waals surface area contributed by atoms with E-state index in [0.29, 0.717) is 49.9 Å². The van der Waals surface area contributed by atoms with Crippen molar-refractivity contribution in [3.05, 3.63) is 65.9 Å². The van der Waals surface area contributed by atoms with Crippen molar-refractivity contribution < 1.29 is 38.6 Å². The first-order valence-electron chi connectivity index (χ1n) is 24.2. The molecule has 6 bridgehead atoms. The molecule has 3 aliphatic rings. The Hall–Kier alpha value is -6.20. The largest absolute Gasteiger partial charge is 0.508 e. The summed E-state index contributed by atoms with van der Waals surface area (Å²) < 4.78 is 16.5. The number of hydrogen-bond donors (Lipinski definition) is 3. The summed E-state index contributed by atoms with van der Waals surface area (Å²) >= 11 is 0. The average molecular weight is 950 g/mol. The van der Waals surface area contributed by atoms with Gasteiger partial charge in [0.15, 0.2) is 0 Å². The van der Waals surface area contributed by atoms with Crippen LogP contribution in [-0.2, 0) is 59.9 Å². The summed E-state index contributed by atoms with van der Waals surface area (Å²) in [6.45, 7) is 17.1. The highest BCUT2D eigenvalue weighted by Crippen LogP contribution is 2.43. The average Bonchev–Trinajstić information content (AvgIpc) is 4.03. The molecule has 7 rings (SSSR count). The second kappa shape index (κ2) is 20.4. The molecular formula is C52H71N9O8. The van der Waals surface area contributed by atoms with Crippen LogP contribution in [0.5, 0.6) is 5.75 Å². The van der Waals surface area contributed by atoms with Gasteiger partial charge in [-0.25, -0.2) is 10.4 Å². The fourth-order valence-electron chi connectivity index (χ4n) is 10.5. The first-order chi connectivity index (χ1) is 32.7. The maximum Gasteiger partial charge on any atom is 0.324 e. The molecule has 372 valence electrons. The van der Waals surface area contributed by atoms with E-state index in [1.165, 1.54) is 16.0 Å². The van der Waals surface area contributed by atoms with Crippen LogP contribution >= 0.6 is 0 Å². The first-order valence-corrected chi connectivity index (χ1v) is 24.2. The lowest BCUT2D eigenvalue weighted by Gasteiger charge is -2.37. The maximum atomic E-state index is 14.8. The molecule has 5 atom stereocenters. The Balaban J connectivity index is 1.33. The van der Waals surface area contributed by atoms with Gasteiger partial charge in [0.05, 0.1) is 30.0 Å². The summed E-state index contributed by atoms with van der Waals surface area (Å²) in [4.78, 5) is 79.9. The Bertz CT molecular complexity index is 2630. The highest BCUT2D eigenvalue weighted by molar-refractivity contribution is 5.96. The fourth-order valence-corrected chi connectivity index (χ4v) is 10.5. The standard InChI is InChI=1S/C52H71N9O8/c1-13-42(63)59-21-19-34(28-59)48(65)57(10)44(30(3)4)47(64)53-40-24-32-22-35(25-36(62)23-32)33-17-18-41-37(26-33)38(27-52(6,7)29-69-50(67)39-16-15-20-61(55-39)49(40)66)46(60(41)14-2)43-45(31(5)68-12)58(11)51(54-43)56(8)9/h13,17-18,22-23,25-26,30-31,34,39-40,44,55,62H,1,14-16,19-21,24,27-29H2,2-12H3,(H,53,64)/t31-,34-,39-,40?,44-/m0/s1. The number of aryl methyl sites for hydroxylation is 1. The van der Waals surface area contributed by atoms with E-state index in [1.807, 2.05) is 58.9 Å². The summed E-state index contributed by atoms with van der Waals surface area (Å²) in [5.74, 6) is -2.13. The number of hydrazine groups is 1. The van der Waals surface area contributed by atoms with E-state index in [0.717, 1.165) is 45.1 Å². The number of amides is 4. The second-order valence-corrected chi connectivity index (χ2v) is 20.3. The van der Waals surface area contributed by atoms with Crippen LogP contribution in [0, 0.1) is 17.3 Å². The van der Waals surface area contributed by atoms with E-state index < -0.39 is 47.2 Å². The summed E-state index contributed by atoms with van der Waals surface area (Å²) in [5.41, 5.74) is 9.33. The van der Waals surface area contributed by atoms with E-state index in [1.54, 1.807) is 31.2 Å². The number of phenolic OH excluding ortho intramolecular Hbond substituents is 1. The van der Waals surface area contributed by atoms with Crippen molar-refractivity contribution in [1.29, 1.82) is 0 Å². The zero-order chi connectivity index (χ0) is 50.2. The van der Waals surface area contributed by atoms with Gasteiger partial charge >= 0.3 is 5.97 Å². The molecule has 17 heteroatoms. The third kappa shape index (κ3) is 10.3. The molecule has 2 aromatic carbocycles. The molecule has 4 amide bonds. The predicted octanol–water partition coefficient (Wildman–Crippen LogP) is 5.37. The minimum Gasteiger partial charge on any atom is -0.508 e. The monoisotopic (exact) mass is 950 g/mol. The number of hydrogen-bond acceptors (Lipinski definition) is 11. The number of likely N-dealkylation sites (N-methyl/N-ethyl adjacent to an activating group) is 1.